The molecule has 3 rings (SSSR count). The lowest BCUT2D eigenvalue weighted by molar-refractivity contribution is -0.163. The molecule has 0 saturated carbocycles. The molecule has 1 aromatic rings. The van der Waals surface area contributed by atoms with Crippen molar-refractivity contribution >= 4 is 5.97 Å². The number of hydrogen-bond acceptors (Lipinski definition) is 7. The number of rotatable bonds is 4. The van der Waals surface area contributed by atoms with Crippen molar-refractivity contribution in [2.24, 2.45) is 0 Å². The molecule has 1 unspecified atom stereocenters. The Morgan fingerprint density at radius 3 is 2.20 bits per heavy atom. The summed E-state index contributed by atoms with van der Waals surface area (Å²) < 4.78 is 21.2. The van der Waals surface area contributed by atoms with Gasteiger partial charge in [0, 0.05) is 26.2 Å². The summed E-state index contributed by atoms with van der Waals surface area (Å²) in [5, 5.41) is 6.28. The Labute approximate surface area is 149 Å². The average Bonchev–Trinajstić information content (AvgIpc) is 2.66. The lowest BCUT2D eigenvalue weighted by atomic mass is 10.1. The second-order valence-corrected chi connectivity index (χ2v) is 5.91. The van der Waals surface area contributed by atoms with E-state index in [0.717, 1.165) is 38.6 Å². The van der Waals surface area contributed by atoms with Crippen LogP contribution in [0, 0.1) is 0 Å². The third-order valence-corrected chi connectivity index (χ3v) is 3.79. The molecule has 0 amide bonds. The van der Waals surface area contributed by atoms with E-state index in [0.29, 0.717) is 25.5 Å². The van der Waals surface area contributed by atoms with Crippen molar-refractivity contribution in [1.29, 1.82) is 0 Å². The maximum Gasteiger partial charge on any atom is 0.344 e. The third-order valence-electron chi connectivity index (χ3n) is 3.79. The van der Waals surface area contributed by atoms with Crippen LogP contribution in [-0.4, -0.2) is 64.2 Å². The maximum atomic E-state index is 12.1. The Bertz CT molecular complexity index is 499. The van der Waals surface area contributed by atoms with Gasteiger partial charge in [-0.15, -0.1) is 0 Å². The first-order chi connectivity index (χ1) is 12.1. The molecule has 7 heteroatoms. The van der Waals surface area contributed by atoms with Gasteiger partial charge in [-0.3, -0.25) is 0 Å². The van der Waals surface area contributed by atoms with E-state index in [1.165, 1.54) is 0 Å². The average molecular weight is 352 g/mol. The highest BCUT2D eigenvalue weighted by Crippen LogP contribution is 2.21. The molecule has 0 spiro atoms. The number of carbonyl (C=O) groups is 1. The first kappa shape index (κ1) is 19.7. The van der Waals surface area contributed by atoms with Crippen LogP contribution in [-0.2, 0) is 14.3 Å². The number of ether oxygens (including phenoxy) is 4. The van der Waals surface area contributed by atoms with Gasteiger partial charge in [0.15, 0.2) is 5.60 Å². The molecule has 2 aliphatic rings. The summed E-state index contributed by atoms with van der Waals surface area (Å²) in [6, 6.07) is 6.97. The molecule has 0 aliphatic carbocycles. The second kappa shape index (κ2) is 10.4. The van der Waals surface area contributed by atoms with Gasteiger partial charge in [0.2, 0.25) is 0 Å². The largest absolute Gasteiger partial charge is 0.494 e. The molecule has 7 nitrogen and oxygen atoms in total. The van der Waals surface area contributed by atoms with Gasteiger partial charge in [0.05, 0.1) is 26.4 Å². The van der Waals surface area contributed by atoms with Gasteiger partial charge in [-0.05, 0) is 38.1 Å². The Kier molecular flexibility index (Phi) is 8.14. The minimum absolute atomic E-state index is 0.385. The van der Waals surface area contributed by atoms with Gasteiger partial charge in [-0.1, -0.05) is 0 Å². The lowest BCUT2D eigenvalue weighted by Gasteiger charge is -2.31. The zero-order chi connectivity index (χ0) is 18.0. The molecule has 0 radical (unpaired) electrons. The van der Waals surface area contributed by atoms with Crippen molar-refractivity contribution in [3.8, 4) is 11.5 Å². The molecule has 140 valence electrons. The summed E-state index contributed by atoms with van der Waals surface area (Å²) in [6.45, 7) is 9.82. The van der Waals surface area contributed by atoms with E-state index in [1.807, 2.05) is 6.92 Å². The molecule has 25 heavy (non-hydrogen) atoms. The predicted octanol–water partition coefficient (Wildman–Crippen LogP) is 0.975. The molecule has 1 aromatic carbocycles. The minimum atomic E-state index is -0.920. The van der Waals surface area contributed by atoms with Crippen molar-refractivity contribution in [2.75, 3.05) is 52.6 Å². The van der Waals surface area contributed by atoms with E-state index < -0.39 is 5.60 Å². The summed E-state index contributed by atoms with van der Waals surface area (Å²) >= 11 is 0. The number of morpholine rings is 2. The smallest absolute Gasteiger partial charge is 0.344 e. The number of nitrogens with one attached hydrogen (secondary N) is 2. The molecule has 2 saturated heterocycles. The zero-order valence-electron chi connectivity index (χ0n) is 15.0. The highest BCUT2D eigenvalue weighted by Gasteiger charge is 2.38. The molecule has 2 heterocycles. The minimum Gasteiger partial charge on any atom is -0.494 e. The summed E-state index contributed by atoms with van der Waals surface area (Å²) in [5.41, 5.74) is -0.920. The Balaban J connectivity index is 0.000000316. The van der Waals surface area contributed by atoms with Gasteiger partial charge in [-0.25, -0.2) is 4.79 Å². The second-order valence-electron chi connectivity index (χ2n) is 5.91. The van der Waals surface area contributed by atoms with Crippen LogP contribution in [0.3, 0.4) is 0 Å². The summed E-state index contributed by atoms with van der Waals surface area (Å²) in [7, 11) is 0. The standard InChI is InChI=1S/C14H19NO4.C4H9NO/c1-3-17-11-4-6-12(7-5-11)19-13(16)14(2)10-15-8-9-18-14;1-3-6-4-2-5-1/h4-7,15H,3,8-10H2,1-2H3;5H,1-4H2. The Hall–Kier alpha value is -1.67. The number of benzene rings is 1. The fraction of sp³-hybridized carbons (Fsp3) is 0.611. The molecule has 0 aromatic heterocycles. The van der Waals surface area contributed by atoms with E-state index in [-0.39, 0.29) is 5.97 Å². The van der Waals surface area contributed by atoms with Gasteiger partial charge in [0.1, 0.15) is 11.5 Å². The van der Waals surface area contributed by atoms with E-state index in [9.17, 15) is 4.79 Å². The molecular weight excluding hydrogens is 324 g/mol. The SMILES string of the molecule is C1COCCN1.CCOc1ccc(OC(=O)C2(C)CNCCO2)cc1. The van der Waals surface area contributed by atoms with Crippen LogP contribution >= 0.6 is 0 Å². The van der Waals surface area contributed by atoms with Crippen LogP contribution in [0.1, 0.15) is 13.8 Å². The normalized spacial score (nSPS) is 23.1. The van der Waals surface area contributed by atoms with Crippen LogP contribution in [0.25, 0.3) is 0 Å². The monoisotopic (exact) mass is 352 g/mol. The molecule has 2 fully saturated rings. The van der Waals surface area contributed by atoms with Crippen molar-refractivity contribution < 1.29 is 23.7 Å². The number of carbonyl (C=O) groups excluding carboxylic acids is 1. The van der Waals surface area contributed by atoms with Crippen molar-refractivity contribution in [3.63, 3.8) is 0 Å². The van der Waals surface area contributed by atoms with E-state index in [1.54, 1.807) is 31.2 Å². The van der Waals surface area contributed by atoms with Crippen LogP contribution in [0.15, 0.2) is 24.3 Å². The first-order valence-electron chi connectivity index (χ1n) is 8.72. The maximum absolute atomic E-state index is 12.1. The van der Waals surface area contributed by atoms with Crippen molar-refractivity contribution in [1.82, 2.24) is 10.6 Å². The zero-order valence-corrected chi connectivity index (χ0v) is 15.0. The molecule has 0 bridgehead atoms. The molecule has 2 aliphatic heterocycles. The Morgan fingerprint density at radius 2 is 1.72 bits per heavy atom. The van der Waals surface area contributed by atoms with Crippen LogP contribution < -0.4 is 20.1 Å². The summed E-state index contributed by atoms with van der Waals surface area (Å²) in [5.74, 6) is 0.858. The summed E-state index contributed by atoms with van der Waals surface area (Å²) in [4.78, 5) is 12.1. The van der Waals surface area contributed by atoms with Gasteiger partial charge in [-0.2, -0.15) is 0 Å². The lowest BCUT2D eigenvalue weighted by Crippen LogP contribution is -2.54. The van der Waals surface area contributed by atoms with Gasteiger partial charge < -0.3 is 29.6 Å². The van der Waals surface area contributed by atoms with E-state index >= 15 is 0 Å². The van der Waals surface area contributed by atoms with Gasteiger partial charge >= 0.3 is 5.97 Å². The molecule has 2 N–H and O–H groups in total. The Morgan fingerprint density at radius 1 is 1.08 bits per heavy atom. The van der Waals surface area contributed by atoms with Crippen LogP contribution in [0.5, 0.6) is 11.5 Å². The van der Waals surface area contributed by atoms with Crippen LogP contribution in [0.4, 0.5) is 0 Å². The molecule has 1 atom stereocenters. The highest BCUT2D eigenvalue weighted by molar-refractivity contribution is 5.81. The highest BCUT2D eigenvalue weighted by atomic mass is 16.6. The topological polar surface area (TPSA) is 78.0 Å². The van der Waals surface area contributed by atoms with E-state index in [2.05, 4.69) is 10.6 Å². The van der Waals surface area contributed by atoms with Crippen LogP contribution in [0.2, 0.25) is 0 Å². The molecular formula is C18H28N2O5. The summed E-state index contributed by atoms with van der Waals surface area (Å²) in [6.07, 6.45) is 0. The fourth-order valence-corrected chi connectivity index (χ4v) is 2.36. The van der Waals surface area contributed by atoms with Crippen molar-refractivity contribution in [2.45, 2.75) is 19.4 Å². The van der Waals surface area contributed by atoms with E-state index in [4.69, 9.17) is 18.9 Å². The van der Waals surface area contributed by atoms with Crippen molar-refractivity contribution in [3.05, 3.63) is 24.3 Å². The quantitative estimate of drug-likeness (QED) is 0.618. The third kappa shape index (κ3) is 6.62. The van der Waals surface area contributed by atoms with Gasteiger partial charge in [0.25, 0.3) is 0 Å². The first-order valence-corrected chi connectivity index (χ1v) is 8.72. The predicted molar refractivity (Wildman–Crippen MR) is 94.2 cm³/mol. The fourth-order valence-electron chi connectivity index (χ4n) is 2.36. The number of hydrogen-bond donors (Lipinski definition) is 2. The number of esters is 1.